The smallest absolute Gasteiger partial charge is 0.341 e. The average Bonchev–Trinajstić information content (AvgIpc) is 2.68. The fourth-order valence-electron chi connectivity index (χ4n) is 2.60. The molecule has 0 bridgehead atoms. The number of rotatable bonds is 10. The van der Waals surface area contributed by atoms with Gasteiger partial charge in [0.1, 0.15) is 5.76 Å². The summed E-state index contributed by atoms with van der Waals surface area (Å²) in [6.45, 7) is 14.2. The van der Waals surface area contributed by atoms with Crippen LogP contribution in [-0.2, 0) is 4.74 Å². The van der Waals surface area contributed by atoms with Gasteiger partial charge in [-0.25, -0.2) is 9.80 Å². The zero-order valence-corrected chi connectivity index (χ0v) is 18.7. The van der Waals surface area contributed by atoms with E-state index in [4.69, 9.17) is 16.3 Å². The molecule has 0 saturated heterocycles. The quantitative estimate of drug-likeness (QED) is 0.210. The number of ether oxygens (including phenoxy) is 1. The predicted octanol–water partition coefficient (Wildman–Crippen LogP) is 5.27. The monoisotopic (exact) mass is 418 g/mol. The minimum Gasteiger partial charge on any atom is -0.491 e. The summed E-state index contributed by atoms with van der Waals surface area (Å²) in [5.74, 6) is 0.765. The molecule has 6 nitrogen and oxygen atoms in total. The second kappa shape index (κ2) is 12.8. The van der Waals surface area contributed by atoms with Gasteiger partial charge in [-0.3, -0.25) is 4.99 Å². The Morgan fingerprint density at radius 3 is 2.55 bits per heavy atom. The summed E-state index contributed by atoms with van der Waals surface area (Å²) in [6.07, 6.45) is 12.8. The van der Waals surface area contributed by atoms with Gasteiger partial charge in [0, 0.05) is 18.3 Å². The Morgan fingerprint density at radius 1 is 1.28 bits per heavy atom. The summed E-state index contributed by atoms with van der Waals surface area (Å²) < 4.78 is 5.70. The van der Waals surface area contributed by atoms with Gasteiger partial charge >= 0.3 is 6.03 Å². The highest BCUT2D eigenvalue weighted by Gasteiger charge is 2.28. The molecule has 1 heterocycles. The number of allylic oxidation sites excluding steroid dienone is 5. The number of aliphatic imine (C=N–C) groups is 1. The highest BCUT2D eigenvalue weighted by Crippen LogP contribution is 2.21. The lowest BCUT2D eigenvalue weighted by atomic mass is 10.1. The zero-order valence-electron chi connectivity index (χ0n) is 17.9. The molecule has 1 aliphatic rings. The molecule has 0 unspecified atom stereocenters. The van der Waals surface area contributed by atoms with Crippen molar-refractivity contribution in [3.8, 4) is 0 Å². The van der Waals surface area contributed by atoms with Gasteiger partial charge < -0.3 is 9.64 Å². The van der Waals surface area contributed by atoms with E-state index in [2.05, 4.69) is 16.8 Å². The first-order valence-electron chi connectivity index (χ1n) is 9.61. The second-order valence-electron chi connectivity index (χ2n) is 6.48. The van der Waals surface area contributed by atoms with Gasteiger partial charge in [0.25, 0.3) is 0 Å². The van der Waals surface area contributed by atoms with Gasteiger partial charge in [0.05, 0.1) is 29.9 Å². The van der Waals surface area contributed by atoms with Crippen LogP contribution in [0.25, 0.3) is 0 Å². The van der Waals surface area contributed by atoms with Crippen LogP contribution in [-0.4, -0.2) is 54.1 Å². The Morgan fingerprint density at radius 2 is 2.00 bits per heavy atom. The first-order chi connectivity index (χ1) is 13.9. The van der Waals surface area contributed by atoms with Crippen LogP contribution < -0.4 is 0 Å². The Labute approximate surface area is 179 Å². The number of amides is 2. The highest BCUT2D eigenvalue weighted by atomic mass is 35.5. The van der Waals surface area contributed by atoms with Crippen LogP contribution in [0.4, 0.5) is 4.79 Å². The lowest BCUT2D eigenvalue weighted by Gasteiger charge is -2.32. The van der Waals surface area contributed by atoms with Crippen LogP contribution in [0.3, 0.4) is 0 Å². The number of carbonyl (C=O) groups excluding carboxylic acids is 1. The number of halogens is 1. The first kappa shape index (κ1) is 24.4. The largest absolute Gasteiger partial charge is 0.491 e. The zero-order chi connectivity index (χ0) is 21.8. The molecule has 0 fully saturated rings. The molecule has 1 rings (SSSR count). The highest BCUT2D eigenvalue weighted by molar-refractivity contribution is 6.36. The van der Waals surface area contributed by atoms with Crippen molar-refractivity contribution in [3.63, 3.8) is 0 Å². The molecule has 2 amide bonds. The fourth-order valence-corrected chi connectivity index (χ4v) is 2.89. The van der Waals surface area contributed by atoms with Gasteiger partial charge in [-0.05, 0) is 53.5 Å². The molecule has 0 radical (unpaired) electrons. The lowest BCUT2D eigenvalue weighted by molar-refractivity contribution is 0.156. The molecule has 0 aromatic carbocycles. The number of hydrogen-bond donors (Lipinski definition) is 0. The maximum absolute atomic E-state index is 12.8. The Bertz CT molecular complexity index is 761. The van der Waals surface area contributed by atoms with Crippen molar-refractivity contribution in [3.05, 3.63) is 59.0 Å². The van der Waals surface area contributed by atoms with Crippen molar-refractivity contribution in [1.82, 2.24) is 9.91 Å². The van der Waals surface area contributed by atoms with Gasteiger partial charge in [-0.1, -0.05) is 35.9 Å². The number of nitrogens with zero attached hydrogens (tertiary/aromatic N) is 4. The second-order valence-corrected chi connectivity index (χ2v) is 6.89. The third kappa shape index (κ3) is 7.74. The Kier molecular flexibility index (Phi) is 10.8. The summed E-state index contributed by atoms with van der Waals surface area (Å²) in [5.41, 5.74) is 1.42. The van der Waals surface area contributed by atoms with Crippen molar-refractivity contribution in [2.24, 2.45) is 10.1 Å². The predicted molar refractivity (Wildman–Crippen MR) is 122 cm³/mol. The van der Waals surface area contributed by atoms with Crippen molar-refractivity contribution < 1.29 is 9.53 Å². The molecule has 0 N–H and O–H groups in total. The van der Waals surface area contributed by atoms with Crippen LogP contribution in [0.5, 0.6) is 0 Å². The fraction of sp³-hybridized carbons (Fsp3) is 0.409. The maximum Gasteiger partial charge on any atom is 0.341 e. The van der Waals surface area contributed by atoms with E-state index in [1.54, 1.807) is 4.90 Å². The third-order valence-corrected chi connectivity index (χ3v) is 4.21. The van der Waals surface area contributed by atoms with Crippen LogP contribution in [0.1, 0.15) is 34.6 Å². The molecular formula is C22H31ClN4O2. The summed E-state index contributed by atoms with van der Waals surface area (Å²) in [6, 6.07) is -0.166. The Balaban J connectivity index is 3.10. The molecule has 7 heteroatoms. The summed E-state index contributed by atoms with van der Waals surface area (Å²) in [4.78, 5) is 18.3. The molecule has 0 aromatic rings. The summed E-state index contributed by atoms with van der Waals surface area (Å²) in [5, 5.41) is 6.38. The van der Waals surface area contributed by atoms with Crippen LogP contribution in [0.15, 0.2) is 69.1 Å². The summed E-state index contributed by atoms with van der Waals surface area (Å²) in [7, 11) is 0. The van der Waals surface area contributed by atoms with E-state index in [0.717, 1.165) is 11.3 Å². The van der Waals surface area contributed by atoms with Crippen molar-refractivity contribution >= 4 is 30.1 Å². The summed E-state index contributed by atoms with van der Waals surface area (Å²) >= 11 is 6.33. The minimum atomic E-state index is -0.166. The van der Waals surface area contributed by atoms with Crippen LogP contribution in [0, 0.1) is 0 Å². The van der Waals surface area contributed by atoms with E-state index in [1.807, 2.05) is 71.1 Å². The van der Waals surface area contributed by atoms with E-state index in [-0.39, 0.29) is 12.1 Å². The minimum absolute atomic E-state index is 0.0853. The number of carbonyl (C=O) groups is 1. The van der Waals surface area contributed by atoms with Crippen molar-refractivity contribution in [2.45, 2.75) is 40.7 Å². The van der Waals surface area contributed by atoms with Gasteiger partial charge in [-0.2, -0.15) is 5.10 Å². The average molecular weight is 419 g/mol. The topological polar surface area (TPSA) is 57.5 Å². The molecule has 0 spiro atoms. The SMILES string of the molecule is C=N/C=C(Cl)\C(=C/C)C1=NN(C/C=C/C)C(=O)N(C/C=C\C(=C/C)OC(C)C)C1. The number of hydrazone groups is 1. The molecular weight excluding hydrogens is 388 g/mol. The van der Waals surface area contributed by atoms with Gasteiger partial charge in [0.2, 0.25) is 0 Å². The van der Waals surface area contributed by atoms with Gasteiger partial charge in [-0.15, -0.1) is 0 Å². The number of urea groups is 1. The van der Waals surface area contributed by atoms with E-state index in [0.29, 0.717) is 30.4 Å². The first-order valence-corrected chi connectivity index (χ1v) is 9.98. The molecule has 0 atom stereocenters. The maximum atomic E-state index is 12.8. The standard InChI is InChI=1S/C22H31ClN4O2/c1-7-10-14-27-22(28)26(13-11-12-18(8-2)29-17(4)5)16-21(25-27)19(9-3)20(23)15-24-6/h7-12,15,17H,6,13-14,16H2,1-5H3/b10-7+,12-11-,18-8+,19-9+,20-15+. The third-order valence-electron chi connectivity index (χ3n) is 3.91. The molecule has 158 valence electrons. The molecule has 0 saturated carbocycles. The molecule has 1 aliphatic heterocycles. The van der Waals surface area contributed by atoms with Gasteiger partial charge in [0.15, 0.2) is 0 Å². The molecule has 0 aliphatic carbocycles. The van der Waals surface area contributed by atoms with Crippen molar-refractivity contribution in [1.29, 1.82) is 0 Å². The van der Waals surface area contributed by atoms with Crippen LogP contribution >= 0.6 is 11.6 Å². The van der Waals surface area contributed by atoms with E-state index >= 15 is 0 Å². The van der Waals surface area contributed by atoms with E-state index < -0.39 is 0 Å². The van der Waals surface area contributed by atoms with Crippen molar-refractivity contribution in [2.75, 3.05) is 19.6 Å². The normalized spacial score (nSPS) is 17.0. The molecule has 0 aromatic heterocycles. The van der Waals surface area contributed by atoms with E-state index in [1.165, 1.54) is 11.2 Å². The molecule has 29 heavy (non-hydrogen) atoms. The Hall–Kier alpha value is -2.60. The van der Waals surface area contributed by atoms with E-state index in [9.17, 15) is 4.79 Å². The number of hydrogen-bond acceptors (Lipinski definition) is 4. The lowest BCUT2D eigenvalue weighted by Crippen LogP contribution is -2.48. The van der Waals surface area contributed by atoms with Crippen LogP contribution in [0.2, 0.25) is 0 Å².